The Kier molecular flexibility index (Phi) is 4.82. The summed E-state index contributed by atoms with van der Waals surface area (Å²) in [6, 6.07) is 0. The van der Waals surface area contributed by atoms with Crippen molar-refractivity contribution in [1.29, 1.82) is 0 Å². The van der Waals surface area contributed by atoms with Gasteiger partial charge in [-0.3, -0.25) is 14.4 Å². The number of halogens is 3. The molecule has 0 aromatic carbocycles. The maximum atomic E-state index is 12.6. The van der Waals surface area contributed by atoms with Gasteiger partial charge in [0.15, 0.2) is 17.3 Å². The predicted octanol–water partition coefficient (Wildman–Crippen LogP) is 2.65. The van der Waals surface area contributed by atoms with Gasteiger partial charge in [-0.1, -0.05) is 6.58 Å². The summed E-state index contributed by atoms with van der Waals surface area (Å²) in [4.78, 5) is 37.3. The fourth-order valence-electron chi connectivity index (χ4n) is 3.21. The second-order valence-electron chi connectivity index (χ2n) is 6.26. The highest BCUT2D eigenvalue weighted by molar-refractivity contribution is 6.27. The van der Waals surface area contributed by atoms with E-state index in [4.69, 9.17) is 5.73 Å². The van der Waals surface area contributed by atoms with Gasteiger partial charge in [-0.2, -0.15) is 13.2 Å². The van der Waals surface area contributed by atoms with E-state index in [0.29, 0.717) is 25.3 Å². The molecule has 2 saturated carbocycles. The third-order valence-corrected chi connectivity index (χ3v) is 4.57. The summed E-state index contributed by atoms with van der Waals surface area (Å²) in [5.74, 6) is -3.81. The van der Waals surface area contributed by atoms with Crippen molar-refractivity contribution < 1.29 is 27.6 Å². The Balaban J connectivity index is 2.29. The maximum absolute atomic E-state index is 12.6. The van der Waals surface area contributed by atoms with Crippen molar-refractivity contribution in [3.05, 3.63) is 35.6 Å². The molecule has 2 N–H and O–H groups in total. The van der Waals surface area contributed by atoms with Gasteiger partial charge in [-0.15, -0.1) is 0 Å². The molecule has 0 aromatic rings. The molecule has 0 radical (unpaired) electrons. The van der Waals surface area contributed by atoms with Gasteiger partial charge in [0.25, 0.3) is 0 Å². The summed E-state index contributed by atoms with van der Waals surface area (Å²) >= 11 is 0. The summed E-state index contributed by atoms with van der Waals surface area (Å²) in [6.07, 6.45) is -1.53. The van der Waals surface area contributed by atoms with Crippen LogP contribution in [-0.2, 0) is 14.4 Å². The number of carbonyl (C=O) groups excluding carboxylic acids is 3. The van der Waals surface area contributed by atoms with Crippen LogP contribution < -0.4 is 5.73 Å². The molecule has 2 aliphatic rings. The summed E-state index contributed by atoms with van der Waals surface area (Å²) in [5.41, 5.74) is 4.13. The lowest BCUT2D eigenvalue weighted by Crippen LogP contribution is -2.42. The molecule has 2 aliphatic carbocycles. The molecule has 0 spiro atoms. The van der Waals surface area contributed by atoms with E-state index >= 15 is 0 Å². The van der Waals surface area contributed by atoms with Gasteiger partial charge in [-0.05, 0) is 38.3 Å². The van der Waals surface area contributed by atoms with Gasteiger partial charge < -0.3 is 5.73 Å². The van der Waals surface area contributed by atoms with Crippen molar-refractivity contribution in [3.63, 3.8) is 0 Å². The van der Waals surface area contributed by atoms with E-state index in [1.165, 1.54) is 6.92 Å². The third kappa shape index (κ3) is 3.34. The highest BCUT2D eigenvalue weighted by Gasteiger charge is 2.50. The molecule has 24 heavy (non-hydrogen) atoms. The van der Waals surface area contributed by atoms with Crippen molar-refractivity contribution in [2.24, 2.45) is 23.5 Å². The average molecular weight is 341 g/mol. The molecule has 0 saturated heterocycles. The molecular weight excluding hydrogens is 323 g/mol. The van der Waals surface area contributed by atoms with E-state index in [2.05, 4.69) is 6.58 Å². The SMILES string of the molecule is C=C(/C=C\C(C(=O)C1C(=O)C2CCC(C2)C1=O)=C(\C)N)C(F)(F)F. The zero-order valence-electron chi connectivity index (χ0n) is 13.2. The van der Waals surface area contributed by atoms with E-state index in [9.17, 15) is 27.6 Å². The van der Waals surface area contributed by atoms with E-state index in [0.717, 1.165) is 6.08 Å². The van der Waals surface area contributed by atoms with Gasteiger partial charge in [-0.25, -0.2) is 0 Å². The van der Waals surface area contributed by atoms with Gasteiger partial charge in [0.2, 0.25) is 0 Å². The molecular formula is C17H18F3NO3. The fraction of sp³-hybridized carbons (Fsp3) is 0.471. The van der Waals surface area contributed by atoms with Crippen molar-refractivity contribution in [2.75, 3.05) is 0 Å². The lowest BCUT2D eigenvalue weighted by Gasteiger charge is -2.24. The van der Waals surface area contributed by atoms with Crippen LogP contribution in [0.15, 0.2) is 35.6 Å². The number of ketones is 3. The number of hydrogen-bond acceptors (Lipinski definition) is 4. The largest absolute Gasteiger partial charge is 0.415 e. The van der Waals surface area contributed by atoms with Crippen molar-refractivity contribution in [1.82, 2.24) is 0 Å². The standard InChI is InChI=1S/C17H18F3NO3/c1-8(17(18,19)20)3-6-12(9(2)21)16(24)13-14(22)10-4-5-11(7-10)15(13)23/h3,6,10-11,13H,1,4-5,7,21H2,2H3/b6-3-,12-9+. The van der Waals surface area contributed by atoms with E-state index in [1.54, 1.807) is 0 Å². The Morgan fingerprint density at radius 1 is 1.17 bits per heavy atom. The topological polar surface area (TPSA) is 77.2 Å². The van der Waals surface area contributed by atoms with Gasteiger partial charge in [0.05, 0.1) is 0 Å². The minimum atomic E-state index is -4.64. The fourth-order valence-corrected chi connectivity index (χ4v) is 3.21. The van der Waals surface area contributed by atoms with Gasteiger partial charge in [0, 0.05) is 28.7 Å². The van der Waals surface area contributed by atoms with Crippen molar-refractivity contribution in [2.45, 2.75) is 32.4 Å². The molecule has 4 nitrogen and oxygen atoms in total. The minimum Gasteiger partial charge on any atom is -0.402 e. The number of nitrogens with two attached hydrogens (primary N) is 1. The Morgan fingerprint density at radius 3 is 2.08 bits per heavy atom. The molecule has 2 unspecified atom stereocenters. The van der Waals surface area contributed by atoms with Gasteiger partial charge >= 0.3 is 6.18 Å². The van der Waals surface area contributed by atoms with Crippen LogP contribution in [0.5, 0.6) is 0 Å². The quantitative estimate of drug-likeness (QED) is 0.484. The maximum Gasteiger partial charge on any atom is 0.415 e. The first-order valence-electron chi connectivity index (χ1n) is 7.56. The first-order chi connectivity index (χ1) is 11.0. The number of fused-ring (bicyclic) bond motifs is 2. The van der Waals surface area contributed by atoms with Crippen molar-refractivity contribution >= 4 is 17.3 Å². The van der Waals surface area contributed by atoms with E-state index < -0.39 is 35.0 Å². The zero-order chi connectivity index (χ0) is 18.2. The van der Waals surface area contributed by atoms with Crippen LogP contribution in [0.4, 0.5) is 13.2 Å². The normalized spacial score (nSPS) is 28.2. The van der Waals surface area contributed by atoms with Crippen LogP contribution in [0.1, 0.15) is 26.2 Å². The summed E-state index contributed by atoms with van der Waals surface area (Å²) in [5, 5.41) is 0. The van der Waals surface area contributed by atoms with Crippen LogP contribution in [0.3, 0.4) is 0 Å². The molecule has 2 rings (SSSR count). The monoisotopic (exact) mass is 341 g/mol. The lowest BCUT2D eigenvalue weighted by molar-refractivity contribution is -0.144. The number of carbonyl (C=O) groups is 3. The van der Waals surface area contributed by atoms with Gasteiger partial charge in [0.1, 0.15) is 5.92 Å². The number of rotatable bonds is 4. The Bertz CT molecular complexity index is 647. The number of allylic oxidation sites excluding steroid dienone is 5. The second-order valence-corrected chi connectivity index (χ2v) is 6.26. The number of alkyl halides is 3. The molecule has 2 atom stereocenters. The molecule has 0 heterocycles. The number of Topliss-reactive ketones (excluding diaryl/α,β-unsaturated/α-hetero) is 3. The molecule has 2 bridgehead atoms. The second kappa shape index (κ2) is 6.37. The number of hydrogen-bond donors (Lipinski definition) is 1. The van der Waals surface area contributed by atoms with Crippen LogP contribution in [-0.4, -0.2) is 23.5 Å². The van der Waals surface area contributed by atoms with E-state index in [1.807, 2.05) is 0 Å². The summed E-state index contributed by atoms with van der Waals surface area (Å²) < 4.78 is 37.5. The zero-order valence-corrected chi connectivity index (χ0v) is 13.2. The smallest absolute Gasteiger partial charge is 0.402 e. The highest BCUT2D eigenvalue weighted by Crippen LogP contribution is 2.41. The van der Waals surface area contributed by atoms with Crippen LogP contribution in [0.25, 0.3) is 0 Å². The minimum absolute atomic E-state index is 0.0512. The summed E-state index contributed by atoms with van der Waals surface area (Å²) in [6.45, 7) is 4.21. The van der Waals surface area contributed by atoms with Crippen molar-refractivity contribution in [3.8, 4) is 0 Å². The Morgan fingerprint density at radius 2 is 1.67 bits per heavy atom. The van der Waals surface area contributed by atoms with Crippen LogP contribution in [0, 0.1) is 17.8 Å². The first kappa shape index (κ1) is 18.2. The van der Waals surface area contributed by atoms with E-state index in [-0.39, 0.29) is 23.1 Å². The highest BCUT2D eigenvalue weighted by atomic mass is 19.4. The molecule has 2 fully saturated rings. The molecule has 7 heteroatoms. The van der Waals surface area contributed by atoms with Crippen LogP contribution >= 0.6 is 0 Å². The molecule has 0 aromatic heterocycles. The third-order valence-electron chi connectivity index (χ3n) is 4.57. The average Bonchev–Trinajstić information content (AvgIpc) is 2.91. The summed E-state index contributed by atoms with van der Waals surface area (Å²) in [7, 11) is 0. The predicted molar refractivity (Wildman–Crippen MR) is 80.6 cm³/mol. The molecule has 0 aliphatic heterocycles. The first-order valence-corrected chi connectivity index (χ1v) is 7.56. The van der Waals surface area contributed by atoms with Crippen LogP contribution in [0.2, 0.25) is 0 Å². The Hall–Kier alpha value is -2.18. The lowest BCUT2D eigenvalue weighted by atomic mass is 9.75. The molecule has 130 valence electrons. The Labute approximate surface area is 137 Å². The molecule has 0 amide bonds.